The van der Waals surface area contributed by atoms with Crippen LogP contribution in [0.3, 0.4) is 0 Å². The lowest BCUT2D eigenvalue weighted by Gasteiger charge is -2.08. The van der Waals surface area contributed by atoms with Gasteiger partial charge in [0, 0.05) is 11.8 Å². The highest BCUT2D eigenvalue weighted by Crippen LogP contribution is 2.16. The second-order valence-electron chi connectivity index (χ2n) is 3.70. The molecule has 0 bridgehead atoms. The number of nitrogens with two attached hydrogens (primary N) is 1. The summed E-state index contributed by atoms with van der Waals surface area (Å²) in [6.07, 6.45) is 4.49. The van der Waals surface area contributed by atoms with Gasteiger partial charge < -0.3 is 5.73 Å². The lowest BCUT2D eigenvalue weighted by molar-refractivity contribution is 0.517. The van der Waals surface area contributed by atoms with Crippen molar-refractivity contribution in [2.45, 2.75) is 39.5 Å². The number of aromatic nitrogens is 1. The zero-order valence-corrected chi connectivity index (χ0v) is 9.94. The Bertz CT molecular complexity index is 254. The Labute approximate surface area is 90.6 Å². The van der Waals surface area contributed by atoms with Crippen LogP contribution in [0.4, 0.5) is 0 Å². The van der Waals surface area contributed by atoms with E-state index in [0.717, 1.165) is 25.8 Å². The van der Waals surface area contributed by atoms with Gasteiger partial charge in [-0.3, -0.25) is 0 Å². The van der Waals surface area contributed by atoms with Crippen molar-refractivity contribution < 1.29 is 0 Å². The van der Waals surface area contributed by atoms with Crippen molar-refractivity contribution in [3.05, 3.63) is 16.1 Å². The summed E-state index contributed by atoms with van der Waals surface area (Å²) in [6, 6.07) is 0. The van der Waals surface area contributed by atoms with Gasteiger partial charge in [0.2, 0.25) is 0 Å². The van der Waals surface area contributed by atoms with Gasteiger partial charge in [-0.25, -0.2) is 4.98 Å². The molecule has 0 radical (unpaired) electrons. The molecule has 0 fully saturated rings. The number of thiazole rings is 1. The third kappa shape index (κ3) is 3.39. The third-order valence-corrected chi connectivity index (χ3v) is 3.40. The van der Waals surface area contributed by atoms with E-state index in [1.165, 1.54) is 17.1 Å². The molecule has 2 nitrogen and oxygen atoms in total. The number of nitrogens with zero attached hydrogens (tertiary/aromatic N) is 1. The van der Waals surface area contributed by atoms with Crippen molar-refractivity contribution >= 4 is 11.3 Å². The Hall–Kier alpha value is -0.410. The van der Waals surface area contributed by atoms with E-state index in [-0.39, 0.29) is 0 Å². The molecule has 0 saturated heterocycles. The maximum atomic E-state index is 5.67. The summed E-state index contributed by atoms with van der Waals surface area (Å²) in [5.74, 6) is 0.607. The summed E-state index contributed by atoms with van der Waals surface area (Å²) >= 11 is 1.78. The molecular formula is C11H20N2S. The molecule has 1 heterocycles. The van der Waals surface area contributed by atoms with Crippen molar-refractivity contribution in [3.63, 3.8) is 0 Å². The van der Waals surface area contributed by atoms with Crippen molar-refractivity contribution in [3.8, 4) is 0 Å². The van der Waals surface area contributed by atoms with E-state index in [1.54, 1.807) is 11.3 Å². The fraction of sp³-hybridized carbons (Fsp3) is 0.727. The summed E-state index contributed by atoms with van der Waals surface area (Å²) < 4.78 is 0. The van der Waals surface area contributed by atoms with E-state index in [2.05, 4.69) is 24.2 Å². The first-order chi connectivity index (χ1) is 6.80. The minimum Gasteiger partial charge on any atom is -0.330 e. The molecule has 0 aliphatic heterocycles. The predicted molar refractivity (Wildman–Crippen MR) is 62.6 cm³/mol. The first kappa shape index (κ1) is 11.7. The molecule has 80 valence electrons. The van der Waals surface area contributed by atoms with Crippen LogP contribution in [0.1, 0.15) is 37.4 Å². The van der Waals surface area contributed by atoms with Gasteiger partial charge in [-0.05, 0) is 18.9 Å². The smallest absolute Gasteiger partial charge is 0.0931 e. The van der Waals surface area contributed by atoms with Crippen molar-refractivity contribution in [1.82, 2.24) is 4.98 Å². The fourth-order valence-electron chi connectivity index (χ4n) is 1.45. The maximum absolute atomic E-state index is 5.67. The molecule has 14 heavy (non-hydrogen) atoms. The van der Waals surface area contributed by atoms with Crippen LogP contribution in [0, 0.1) is 5.92 Å². The van der Waals surface area contributed by atoms with Crippen LogP contribution in [-0.4, -0.2) is 11.5 Å². The standard InChI is InChI=1S/C11H20N2S/c1-3-5-10-8-14-11(13-10)6-9(4-2)7-12/h8-9H,3-7,12H2,1-2H3. The lowest BCUT2D eigenvalue weighted by Crippen LogP contribution is -2.15. The number of hydrogen-bond acceptors (Lipinski definition) is 3. The van der Waals surface area contributed by atoms with Crippen molar-refractivity contribution in [2.24, 2.45) is 11.7 Å². The van der Waals surface area contributed by atoms with Gasteiger partial charge in [0.05, 0.1) is 10.7 Å². The molecule has 0 aliphatic rings. The van der Waals surface area contributed by atoms with Gasteiger partial charge in [-0.1, -0.05) is 26.7 Å². The van der Waals surface area contributed by atoms with Gasteiger partial charge in [-0.2, -0.15) is 0 Å². The average Bonchev–Trinajstić information content (AvgIpc) is 2.63. The molecule has 0 aliphatic carbocycles. The molecule has 0 spiro atoms. The first-order valence-corrected chi connectivity index (χ1v) is 6.31. The summed E-state index contributed by atoms with van der Waals surface area (Å²) in [6.45, 7) is 5.16. The monoisotopic (exact) mass is 212 g/mol. The first-order valence-electron chi connectivity index (χ1n) is 5.43. The van der Waals surface area contributed by atoms with E-state index >= 15 is 0 Å². The summed E-state index contributed by atoms with van der Waals surface area (Å²) in [5, 5.41) is 3.44. The zero-order valence-electron chi connectivity index (χ0n) is 9.12. The van der Waals surface area contributed by atoms with E-state index in [0.29, 0.717) is 5.92 Å². The molecule has 0 amide bonds. The molecule has 1 atom stereocenters. The molecule has 1 aromatic rings. The largest absolute Gasteiger partial charge is 0.330 e. The van der Waals surface area contributed by atoms with Crippen LogP contribution in [0.15, 0.2) is 5.38 Å². The van der Waals surface area contributed by atoms with Gasteiger partial charge in [0.25, 0.3) is 0 Å². The second kappa shape index (κ2) is 6.14. The Morgan fingerprint density at radius 3 is 2.86 bits per heavy atom. The minimum absolute atomic E-state index is 0.607. The van der Waals surface area contributed by atoms with Crippen LogP contribution in [0.2, 0.25) is 0 Å². The van der Waals surface area contributed by atoms with Gasteiger partial charge >= 0.3 is 0 Å². The maximum Gasteiger partial charge on any atom is 0.0931 e. The van der Waals surface area contributed by atoms with Gasteiger partial charge in [-0.15, -0.1) is 11.3 Å². The normalized spacial score (nSPS) is 13.1. The van der Waals surface area contributed by atoms with Crippen LogP contribution < -0.4 is 5.73 Å². The van der Waals surface area contributed by atoms with Gasteiger partial charge in [0.15, 0.2) is 0 Å². The van der Waals surface area contributed by atoms with Crippen molar-refractivity contribution in [1.29, 1.82) is 0 Å². The Kier molecular flexibility index (Phi) is 5.12. The van der Waals surface area contributed by atoms with Crippen molar-refractivity contribution in [2.75, 3.05) is 6.54 Å². The van der Waals surface area contributed by atoms with E-state index in [4.69, 9.17) is 5.73 Å². The van der Waals surface area contributed by atoms with E-state index in [1.807, 2.05) is 0 Å². The number of hydrogen-bond donors (Lipinski definition) is 1. The molecule has 0 aromatic carbocycles. The van der Waals surface area contributed by atoms with E-state index in [9.17, 15) is 0 Å². The van der Waals surface area contributed by atoms with Gasteiger partial charge in [0.1, 0.15) is 0 Å². The third-order valence-electron chi connectivity index (χ3n) is 2.48. The molecule has 1 unspecified atom stereocenters. The topological polar surface area (TPSA) is 38.9 Å². The highest BCUT2D eigenvalue weighted by molar-refractivity contribution is 7.09. The van der Waals surface area contributed by atoms with Crippen LogP contribution in [-0.2, 0) is 12.8 Å². The quantitative estimate of drug-likeness (QED) is 0.787. The Balaban J connectivity index is 2.49. The molecule has 3 heteroatoms. The summed E-state index contributed by atoms with van der Waals surface area (Å²) in [4.78, 5) is 4.60. The Morgan fingerprint density at radius 1 is 1.50 bits per heavy atom. The zero-order chi connectivity index (χ0) is 10.4. The average molecular weight is 212 g/mol. The lowest BCUT2D eigenvalue weighted by atomic mass is 10.0. The van der Waals surface area contributed by atoms with E-state index < -0.39 is 0 Å². The minimum atomic E-state index is 0.607. The Morgan fingerprint density at radius 2 is 2.29 bits per heavy atom. The molecule has 1 rings (SSSR count). The highest BCUT2D eigenvalue weighted by Gasteiger charge is 2.08. The summed E-state index contributed by atoms with van der Waals surface area (Å²) in [5.41, 5.74) is 6.92. The number of rotatable bonds is 6. The SMILES string of the molecule is CCCc1csc(CC(CC)CN)n1. The van der Waals surface area contributed by atoms with Crippen LogP contribution in [0.25, 0.3) is 0 Å². The predicted octanol–water partition coefficient (Wildman–Crippen LogP) is 2.62. The van der Waals surface area contributed by atoms with Crippen LogP contribution >= 0.6 is 11.3 Å². The highest BCUT2D eigenvalue weighted by atomic mass is 32.1. The number of aryl methyl sites for hydroxylation is 1. The molecular weight excluding hydrogens is 192 g/mol. The van der Waals surface area contributed by atoms with Crippen LogP contribution in [0.5, 0.6) is 0 Å². The molecule has 1 aromatic heterocycles. The summed E-state index contributed by atoms with van der Waals surface area (Å²) in [7, 11) is 0. The molecule has 0 saturated carbocycles. The second-order valence-corrected chi connectivity index (χ2v) is 4.64. The molecule has 2 N–H and O–H groups in total. The fourth-order valence-corrected chi connectivity index (χ4v) is 2.40.